The van der Waals surface area contributed by atoms with E-state index in [1.807, 2.05) is 48.0 Å². The number of fused-ring (bicyclic) bond motifs is 2. The maximum atomic E-state index is 12.4. The van der Waals surface area contributed by atoms with Crippen LogP contribution in [-0.2, 0) is 6.54 Å². The summed E-state index contributed by atoms with van der Waals surface area (Å²) in [4.78, 5) is 16.9. The van der Waals surface area contributed by atoms with Crippen LogP contribution >= 0.6 is 0 Å². The quantitative estimate of drug-likeness (QED) is 0.565. The lowest BCUT2D eigenvalue weighted by atomic mass is 10.2. The fourth-order valence-corrected chi connectivity index (χ4v) is 2.51. The van der Waals surface area contributed by atoms with Gasteiger partial charge in [-0.25, -0.2) is 9.67 Å². The van der Waals surface area contributed by atoms with Gasteiger partial charge in [0.15, 0.2) is 0 Å². The Morgan fingerprint density at radius 2 is 1.95 bits per heavy atom. The van der Waals surface area contributed by atoms with E-state index in [2.05, 4.69) is 15.3 Å². The first-order chi connectivity index (χ1) is 10.7. The molecule has 6 heteroatoms. The predicted octanol–water partition coefficient (Wildman–Crippen LogP) is 1.80. The molecule has 0 N–H and O–H groups in total. The second kappa shape index (κ2) is 4.77. The van der Waals surface area contributed by atoms with Gasteiger partial charge in [0.05, 0.1) is 17.6 Å². The van der Waals surface area contributed by atoms with Crippen molar-refractivity contribution in [2.45, 2.75) is 13.5 Å². The van der Waals surface area contributed by atoms with Crippen molar-refractivity contribution in [2.24, 2.45) is 0 Å². The van der Waals surface area contributed by atoms with Gasteiger partial charge in [-0.1, -0.05) is 23.4 Å². The van der Waals surface area contributed by atoms with Crippen molar-refractivity contribution in [1.29, 1.82) is 0 Å². The molecule has 0 spiro atoms. The van der Waals surface area contributed by atoms with E-state index < -0.39 is 0 Å². The number of rotatable bonds is 2. The molecular weight excluding hydrogens is 278 g/mol. The molecule has 0 radical (unpaired) electrons. The maximum Gasteiger partial charge on any atom is 0.277 e. The monoisotopic (exact) mass is 291 g/mol. The van der Waals surface area contributed by atoms with Gasteiger partial charge in [0.2, 0.25) is 0 Å². The molecule has 0 bridgehead atoms. The Labute approximate surface area is 125 Å². The van der Waals surface area contributed by atoms with Crippen molar-refractivity contribution in [2.75, 3.05) is 0 Å². The highest BCUT2D eigenvalue weighted by atomic mass is 16.1. The van der Waals surface area contributed by atoms with Gasteiger partial charge in [0, 0.05) is 12.4 Å². The molecule has 0 aliphatic heterocycles. The van der Waals surface area contributed by atoms with Crippen LogP contribution < -0.4 is 5.56 Å². The van der Waals surface area contributed by atoms with Crippen molar-refractivity contribution >= 4 is 16.6 Å². The molecule has 0 atom stereocenters. The van der Waals surface area contributed by atoms with Crippen molar-refractivity contribution < 1.29 is 0 Å². The molecule has 0 fully saturated rings. The van der Waals surface area contributed by atoms with Gasteiger partial charge >= 0.3 is 0 Å². The van der Waals surface area contributed by atoms with E-state index in [1.165, 1.54) is 4.68 Å². The third-order valence-electron chi connectivity index (χ3n) is 3.59. The van der Waals surface area contributed by atoms with E-state index in [0.717, 1.165) is 16.9 Å². The standard InChI is InChI=1S/C16H13N5O/c1-11-6-7-15-17-12(9-20(15)8-11)10-21-16(22)13-4-2-3-5-14(13)18-19-21/h2-9H,10H2,1H3. The van der Waals surface area contributed by atoms with Crippen LogP contribution in [0.5, 0.6) is 0 Å². The third-order valence-corrected chi connectivity index (χ3v) is 3.59. The van der Waals surface area contributed by atoms with E-state index in [9.17, 15) is 4.79 Å². The Balaban J connectivity index is 1.78. The summed E-state index contributed by atoms with van der Waals surface area (Å²) in [5.74, 6) is 0. The first-order valence-corrected chi connectivity index (χ1v) is 6.97. The third kappa shape index (κ3) is 2.05. The topological polar surface area (TPSA) is 65.1 Å². The van der Waals surface area contributed by atoms with Crippen molar-refractivity contribution in [3.05, 3.63) is 70.4 Å². The van der Waals surface area contributed by atoms with E-state index in [-0.39, 0.29) is 5.56 Å². The molecular formula is C16H13N5O. The molecule has 4 aromatic rings. The van der Waals surface area contributed by atoms with Gasteiger partial charge in [-0.3, -0.25) is 4.79 Å². The zero-order valence-corrected chi connectivity index (χ0v) is 12.0. The second-order valence-electron chi connectivity index (χ2n) is 5.27. The Morgan fingerprint density at radius 3 is 2.86 bits per heavy atom. The molecule has 0 aliphatic carbocycles. The molecule has 108 valence electrons. The van der Waals surface area contributed by atoms with Crippen LogP contribution in [0.1, 0.15) is 11.3 Å². The number of benzene rings is 1. The Morgan fingerprint density at radius 1 is 1.09 bits per heavy atom. The van der Waals surface area contributed by atoms with Crippen LogP contribution in [0.4, 0.5) is 0 Å². The first kappa shape index (κ1) is 12.7. The highest BCUT2D eigenvalue weighted by molar-refractivity contribution is 5.76. The predicted molar refractivity (Wildman–Crippen MR) is 82.8 cm³/mol. The van der Waals surface area contributed by atoms with Gasteiger partial charge in [-0.15, -0.1) is 5.10 Å². The molecule has 4 rings (SSSR count). The summed E-state index contributed by atoms with van der Waals surface area (Å²) in [5.41, 5.74) is 3.23. The molecule has 0 saturated heterocycles. The maximum absolute atomic E-state index is 12.4. The van der Waals surface area contributed by atoms with Gasteiger partial charge < -0.3 is 4.40 Å². The van der Waals surface area contributed by atoms with Crippen molar-refractivity contribution in [3.63, 3.8) is 0 Å². The smallest absolute Gasteiger partial charge is 0.277 e. The second-order valence-corrected chi connectivity index (χ2v) is 5.27. The average Bonchev–Trinajstić information content (AvgIpc) is 2.92. The summed E-state index contributed by atoms with van der Waals surface area (Å²) in [6.07, 6.45) is 3.91. The summed E-state index contributed by atoms with van der Waals surface area (Å²) in [5, 5.41) is 8.65. The normalized spacial score (nSPS) is 11.3. The van der Waals surface area contributed by atoms with E-state index in [1.54, 1.807) is 12.1 Å². The number of hydrogen-bond donors (Lipinski definition) is 0. The average molecular weight is 291 g/mol. The number of imidazole rings is 1. The van der Waals surface area contributed by atoms with E-state index in [4.69, 9.17) is 0 Å². The number of aromatic nitrogens is 5. The Kier molecular flexibility index (Phi) is 2.75. The number of hydrogen-bond acceptors (Lipinski definition) is 4. The number of pyridine rings is 1. The highest BCUT2D eigenvalue weighted by Crippen LogP contribution is 2.08. The lowest BCUT2D eigenvalue weighted by molar-refractivity contribution is 0.594. The van der Waals surface area contributed by atoms with Crippen molar-refractivity contribution in [1.82, 2.24) is 24.4 Å². The SMILES string of the molecule is Cc1ccc2nc(Cn3nnc4ccccc4c3=O)cn2c1. The number of nitrogens with zero attached hydrogens (tertiary/aromatic N) is 5. The Hall–Kier alpha value is -3.02. The van der Waals surface area contributed by atoms with Crippen LogP contribution in [-0.4, -0.2) is 24.4 Å². The van der Waals surface area contributed by atoms with Crippen LogP contribution in [0.2, 0.25) is 0 Å². The summed E-state index contributed by atoms with van der Waals surface area (Å²) >= 11 is 0. The first-order valence-electron chi connectivity index (χ1n) is 6.97. The van der Waals surface area contributed by atoms with Gasteiger partial charge in [-0.2, -0.15) is 0 Å². The van der Waals surface area contributed by atoms with Gasteiger partial charge in [0.25, 0.3) is 5.56 Å². The lowest BCUT2D eigenvalue weighted by Crippen LogP contribution is -2.24. The molecule has 6 nitrogen and oxygen atoms in total. The van der Waals surface area contributed by atoms with Gasteiger partial charge in [0.1, 0.15) is 11.2 Å². The van der Waals surface area contributed by atoms with E-state index >= 15 is 0 Å². The number of aryl methyl sites for hydroxylation is 1. The molecule has 1 aromatic carbocycles. The zero-order chi connectivity index (χ0) is 15.1. The summed E-state index contributed by atoms with van der Waals surface area (Å²) in [6.45, 7) is 2.33. The van der Waals surface area contributed by atoms with Gasteiger partial charge in [-0.05, 0) is 30.7 Å². The fourth-order valence-electron chi connectivity index (χ4n) is 2.51. The molecule has 0 amide bonds. The minimum absolute atomic E-state index is 0.154. The summed E-state index contributed by atoms with van der Waals surface area (Å²) in [7, 11) is 0. The highest BCUT2D eigenvalue weighted by Gasteiger charge is 2.08. The molecule has 22 heavy (non-hydrogen) atoms. The largest absolute Gasteiger partial charge is 0.306 e. The Bertz CT molecular complexity index is 1050. The molecule has 3 heterocycles. The minimum Gasteiger partial charge on any atom is -0.306 e. The van der Waals surface area contributed by atoms with Crippen LogP contribution in [0.25, 0.3) is 16.6 Å². The van der Waals surface area contributed by atoms with Crippen LogP contribution in [0.15, 0.2) is 53.6 Å². The molecule has 0 aliphatic rings. The minimum atomic E-state index is -0.154. The van der Waals surface area contributed by atoms with Crippen LogP contribution in [0, 0.1) is 6.92 Å². The summed E-state index contributed by atoms with van der Waals surface area (Å²) < 4.78 is 3.29. The molecule has 0 saturated carbocycles. The van der Waals surface area contributed by atoms with Crippen LogP contribution in [0.3, 0.4) is 0 Å². The lowest BCUT2D eigenvalue weighted by Gasteiger charge is -2.02. The zero-order valence-electron chi connectivity index (χ0n) is 12.0. The molecule has 0 unspecified atom stereocenters. The summed E-state index contributed by atoms with van der Waals surface area (Å²) in [6, 6.07) is 11.2. The van der Waals surface area contributed by atoms with E-state index in [0.29, 0.717) is 17.4 Å². The van der Waals surface area contributed by atoms with Crippen molar-refractivity contribution in [3.8, 4) is 0 Å². The molecule has 3 aromatic heterocycles. The fraction of sp³-hybridized carbons (Fsp3) is 0.125.